The van der Waals surface area contributed by atoms with E-state index in [1.54, 1.807) is 12.1 Å². The van der Waals surface area contributed by atoms with Crippen LogP contribution in [0.1, 0.15) is 0 Å². The first kappa shape index (κ1) is 18.5. The highest BCUT2D eigenvalue weighted by atomic mass is 35.5. The number of benzene rings is 2. The fourth-order valence-electron chi connectivity index (χ4n) is 2.81. The summed E-state index contributed by atoms with van der Waals surface area (Å²) < 4.78 is 0. The van der Waals surface area contributed by atoms with Crippen LogP contribution in [0.5, 0.6) is 0 Å². The van der Waals surface area contributed by atoms with Crippen molar-refractivity contribution >= 4 is 40.6 Å². The van der Waals surface area contributed by atoms with Gasteiger partial charge >= 0.3 is 0 Å². The van der Waals surface area contributed by atoms with Gasteiger partial charge in [-0.05, 0) is 18.2 Å². The molecule has 1 aliphatic rings. The second kappa shape index (κ2) is 8.42. The van der Waals surface area contributed by atoms with Crippen molar-refractivity contribution in [1.29, 1.82) is 0 Å². The SMILES string of the molecule is O=C(CSc1ccccc1Cl)N1CCN(c2cccc([N+](=O)[O-])c2)CC1. The van der Waals surface area contributed by atoms with Crippen LogP contribution < -0.4 is 4.90 Å². The normalized spacial score (nSPS) is 14.3. The van der Waals surface area contributed by atoms with Crippen LogP contribution in [0.15, 0.2) is 53.4 Å². The third-order valence-corrected chi connectivity index (χ3v) is 5.73. The fourth-order valence-corrected chi connectivity index (χ4v) is 3.95. The van der Waals surface area contributed by atoms with Gasteiger partial charge in [-0.15, -0.1) is 11.8 Å². The number of halogens is 1. The highest BCUT2D eigenvalue weighted by Gasteiger charge is 2.22. The van der Waals surface area contributed by atoms with Crippen LogP contribution in [0.2, 0.25) is 5.02 Å². The predicted molar refractivity (Wildman–Crippen MR) is 104 cm³/mol. The Morgan fingerprint density at radius 2 is 1.85 bits per heavy atom. The summed E-state index contributed by atoms with van der Waals surface area (Å²) in [6.45, 7) is 2.52. The Bertz CT molecular complexity index is 810. The lowest BCUT2D eigenvalue weighted by atomic mass is 10.2. The molecule has 1 fully saturated rings. The molecule has 2 aromatic rings. The standard InChI is InChI=1S/C18H18ClN3O3S/c19-16-6-1-2-7-17(16)26-13-18(23)21-10-8-20(9-11-21)14-4-3-5-15(12-14)22(24)25/h1-7,12H,8-11,13H2. The minimum Gasteiger partial charge on any atom is -0.368 e. The maximum absolute atomic E-state index is 12.4. The van der Waals surface area contributed by atoms with Gasteiger partial charge in [-0.1, -0.05) is 29.8 Å². The smallest absolute Gasteiger partial charge is 0.271 e. The van der Waals surface area contributed by atoms with E-state index in [9.17, 15) is 14.9 Å². The van der Waals surface area contributed by atoms with Gasteiger partial charge in [0.05, 0.1) is 15.7 Å². The zero-order valence-electron chi connectivity index (χ0n) is 14.0. The molecule has 6 nitrogen and oxygen atoms in total. The lowest BCUT2D eigenvalue weighted by molar-refractivity contribution is -0.384. The third kappa shape index (κ3) is 4.47. The van der Waals surface area contributed by atoms with Crippen molar-refractivity contribution in [2.75, 3.05) is 36.8 Å². The van der Waals surface area contributed by atoms with E-state index in [4.69, 9.17) is 11.6 Å². The monoisotopic (exact) mass is 391 g/mol. The van der Waals surface area contributed by atoms with Crippen molar-refractivity contribution in [2.45, 2.75) is 4.90 Å². The van der Waals surface area contributed by atoms with Crippen molar-refractivity contribution in [3.8, 4) is 0 Å². The van der Waals surface area contributed by atoms with E-state index in [1.807, 2.05) is 35.2 Å². The van der Waals surface area contributed by atoms with Gasteiger partial charge in [0.15, 0.2) is 0 Å². The van der Waals surface area contributed by atoms with E-state index in [-0.39, 0.29) is 11.6 Å². The summed E-state index contributed by atoms with van der Waals surface area (Å²) >= 11 is 7.55. The number of nitro benzene ring substituents is 1. The number of nitrogens with zero attached hydrogens (tertiary/aromatic N) is 3. The van der Waals surface area contributed by atoms with E-state index < -0.39 is 4.92 Å². The van der Waals surface area contributed by atoms with Gasteiger partial charge in [0.2, 0.25) is 5.91 Å². The number of hydrogen-bond donors (Lipinski definition) is 0. The Morgan fingerprint density at radius 3 is 2.54 bits per heavy atom. The first-order chi connectivity index (χ1) is 12.5. The van der Waals surface area contributed by atoms with Crippen molar-refractivity contribution in [3.63, 3.8) is 0 Å². The maximum atomic E-state index is 12.4. The molecule has 0 aromatic heterocycles. The van der Waals surface area contributed by atoms with E-state index >= 15 is 0 Å². The van der Waals surface area contributed by atoms with Crippen LogP contribution >= 0.6 is 23.4 Å². The van der Waals surface area contributed by atoms with Gasteiger partial charge in [-0.3, -0.25) is 14.9 Å². The topological polar surface area (TPSA) is 66.7 Å². The van der Waals surface area contributed by atoms with Crippen LogP contribution in [0.4, 0.5) is 11.4 Å². The number of piperazine rings is 1. The number of hydrogen-bond acceptors (Lipinski definition) is 5. The molecule has 0 atom stereocenters. The van der Waals surface area contributed by atoms with Crippen LogP contribution in [0, 0.1) is 10.1 Å². The summed E-state index contributed by atoms with van der Waals surface area (Å²) in [7, 11) is 0. The molecule has 0 unspecified atom stereocenters. The molecular formula is C18H18ClN3O3S. The van der Waals surface area contributed by atoms with E-state index in [1.165, 1.54) is 17.8 Å². The predicted octanol–water partition coefficient (Wildman–Crippen LogP) is 3.69. The molecule has 1 aliphatic heterocycles. The first-order valence-electron chi connectivity index (χ1n) is 8.19. The van der Waals surface area contributed by atoms with E-state index in [0.717, 1.165) is 10.6 Å². The van der Waals surface area contributed by atoms with Gasteiger partial charge in [-0.2, -0.15) is 0 Å². The molecule has 0 saturated carbocycles. The minimum absolute atomic E-state index is 0.0774. The van der Waals surface area contributed by atoms with Crippen LogP contribution in [-0.2, 0) is 4.79 Å². The summed E-state index contributed by atoms with van der Waals surface area (Å²) in [4.78, 5) is 27.7. The van der Waals surface area contributed by atoms with Crippen LogP contribution in [0.3, 0.4) is 0 Å². The van der Waals surface area contributed by atoms with Crippen LogP contribution in [-0.4, -0.2) is 47.7 Å². The Morgan fingerprint density at radius 1 is 1.12 bits per heavy atom. The molecule has 0 bridgehead atoms. The number of carbonyl (C=O) groups is 1. The van der Waals surface area contributed by atoms with Gasteiger partial charge < -0.3 is 9.80 Å². The minimum atomic E-state index is -0.394. The van der Waals surface area contributed by atoms with Gasteiger partial charge in [-0.25, -0.2) is 0 Å². The van der Waals surface area contributed by atoms with Crippen molar-refractivity contribution < 1.29 is 9.72 Å². The molecule has 0 radical (unpaired) electrons. The van der Waals surface area contributed by atoms with E-state index in [2.05, 4.69) is 4.90 Å². The zero-order chi connectivity index (χ0) is 18.5. The molecule has 26 heavy (non-hydrogen) atoms. The summed E-state index contributed by atoms with van der Waals surface area (Å²) in [6.07, 6.45) is 0. The molecule has 1 saturated heterocycles. The Balaban J connectivity index is 1.53. The number of non-ortho nitro benzene ring substituents is 1. The Hall–Kier alpha value is -2.25. The molecule has 0 N–H and O–H groups in total. The fraction of sp³-hybridized carbons (Fsp3) is 0.278. The highest BCUT2D eigenvalue weighted by Crippen LogP contribution is 2.27. The third-order valence-electron chi connectivity index (χ3n) is 4.23. The molecule has 1 heterocycles. The summed E-state index contributed by atoms with van der Waals surface area (Å²) in [5, 5.41) is 11.6. The molecule has 3 rings (SSSR count). The Kier molecular flexibility index (Phi) is 6.00. The van der Waals surface area contributed by atoms with Crippen LogP contribution in [0.25, 0.3) is 0 Å². The van der Waals surface area contributed by atoms with E-state index in [0.29, 0.717) is 37.0 Å². The lowest BCUT2D eigenvalue weighted by Crippen LogP contribution is -2.49. The quantitative estimate of drug-likeness (QED) is 0.441. The largest absolute Gasteiger partial charge is 0.368 e. The van der Waals surface area contributed by atoms with Crippen molar-refractivity contribution in [3.05, 3.63) is 63.7 Å². The molecule has 1 amide bonds. The number of carbonyl (C=O) groups excluding carboxylic acids is 1. The lowest BCUT2D eigenvalue weighted by Gasteiger charge is -2.36. The average molecular weight is 392 g/mol. The highest BCUT2D eigenvalue weighted by molar-refractivity contribution is 8.00. The molecule has 2 aromatic carbocycles. The number of anilines is 1. The molecule has 0 spiro atoms. The van der Waals surface area contributed by atoms with Gasteiger partial charge in [0.1, 0.15) is 0 Å². The summed E-state index contributed by atoms with van der Waals surface area (Å²) in [5.74, 6) is 0.425. The maximum Gasteiger partial charge on any atom is 0.271 e. The number of amides is 1. The summed E-state index contributed by atoms with van der Waals surface area (Å²) in [6, 6.07) is 14.1. The number of thioether (sulfide) groups is 1. The second-order valence-electron chi connectivity index (χ2n) is 5.86. The number of nitro groups is 1. The van der Waals surface area contributed by atoms with Crippen molar-refractivity contribution in [1.82, 2.24) is 4.90 Å². The average Bonchev–Trinajstić information content (AvgIpc) is 2.67. The number of rotatable bonds is 5. The van der Waals surface area contributed by atoms with Gasteiger partial charge in [0.25, 0.3) is 5.69 Å². The first-order valence-corrected chi connectivity index (χ1v) is 9.55. The molecule has 8 heteroatoms. The van der Waals surface area contributed by atoms with Gasteiger partial charge in [0, 0.05) is 48.9 Å². The molecule has 136 valence electrons. The second-order valence-corrected chi connectivity index (χ2v) is 7.29. The summed E-state index contributed by atoms with van der Waals surface area (Å²) in [5.41, 5.74) is 0.897. The van der Waals surface area contributed by atoms with Crippen molar-refractivity contribution in [2.24, 2.45) is 0 Å². The zero-order valence-corrected chi connectivity index (χ0v) is 15.6. The Labute approximate surface area is 160 Å². The molecular weight excluding hydrogens is 374 g/mol. The molecule has 0 aliphatic carbocycles.